The van der Waals surface area contributed by atoms with Crippen molar-refractivity contribution in [2.45, 2.75) is 70.7 Å². The molecule has 19 heavy (non-hydrogen) atoms. The second-order valence-corrected chi connectivity index (χ2v) is 12.2. The van der Waals surface area contributed by atoms with E-state index in [-0.39, 0.29) is 0 Å². The first-order valence-corrected chi connectivity index (χ1v) is 10.4. The highest BCUT2D eigenvalue weighted by Crippen LogP contribution is 2.38. The second kappa shape index (κ2) is 5.41. The SMILES string of the molecule is CC(C)(C)[Si](C)(C)OCc1ccc(C2CCC2)cc1. The Morgan fingerprint density at radius 1 is 1.11 bits per heavy atom. The van der Waals surface area contributed by atoms with E-state index in [2.05, 4.69) is 58.1 Å². The summed E-state index contributed by atoms with van der Waals surface area (Å²) in [5, 5.41) is 0.291. The summed E-state index contributed by atoms with van der Waals surface area (Å²) < 4.78 is 6.26. The van der Waals surface area contributed by atoms with Crippen molar-refractivity contribution < 1.29 is 4.43 Å². The molecule has 0 aromatic heterocycles. The molecule has 1 saturated carbocycles. The van der Waals surface area contributed by atoms with Crippen LogP contribution in [0.5, 0.6) is 0 Å². The maximum Gasteiger partial charge on any atom is 0.192 e. The highest BCUT2D eigenvalue weighted by molar-refractivity contribution is 6.74. The predicted molar refractivity (Wildman–Crippen MR) is 85.0 cm³/mol. The van der Waals surface area contributed by atoms with Gasteiger partial charge in [0.1, 0.15) is 0 Å². The molecule has 2 rings (SSSR count). The lowest BCUT2D eigenvalue weighted by Gasteiger charge is -2.36. The molecule has 0 radical (unpaired) electrons. The summed E-state index contributed by atoms with van der Waals surface area (Å²) in [6.07, 6.45) is 4.15. The molecular weight excluding hydrogens is 248 g/mol. The van der Waals surface area contributed by atoms with Gasteiger partial charge >= 0.3 is 0 Å². The Kier molecular flexibility index (Phi) is 4.22. The van der Waals surface area contributed by atoms with Crippen LogP contribution in [0.4, 0.5) is 0 Å². The van der Waals surface area contributed by atoms with Gasteiger partial charge in [-0.05, 0) is 48.0 Å². The molecule has 1 nitrogen and oxygen atoms in total. The summed E-state index contributed by atoms with van der Waals surface area (Å²) in [7, 11) is -1.62. The fraction of sp³-hybridized carbons (Fsp3) is 0.647. The van der Waals surface area contributed by atoms with Gasteiger partial charge in [0.15, 0.2) is 8.32 Å². The smallest absolute Gasteiger partial charge is 0.192 e. The monoisotopic (exact) mass is 276 g/mol. The Morgan fingerprint density at radius 3 is 2.11 bits per heavy atom. The van der Waals surface area contributed by atoms with Crippen LogP contribution in [0.2, 0.25) is 18.1 Å². The molecule has 1 aromatic rings. The van der Waals surface area contributed by atoms with Gasteiger partial charge in [0, 0.05) is 0 Å². The Hall–Kier alpha value is -0.603. The Morgan fingerprint density at radius 2 is 1.68 bits per heavy atom. The molecule has 1 fully saturated rings. The van der Waals surface area contributed by atoms with Crippen LogP contribution in [0.15, 0.2) is 24.3 Å². The summed E-state index contributed by atoms with van der Waals surface area (Å²) in [5.41, 5.74) is 2.83. The van der Waals surface area contributed by atoms with Crippen molar-refractivity contribution in [2.24, 2.45) is 0 Å². The van der Waals surface area contributed by atoms with Crippen molar-refractivity contribution in [3.8, 4) is 0 Å². The molecule has 2 heteroatoms. The quantitative estimate of drug-likeness (QED) is 0.662. The van der Waals surface area contributed by atoms with Crippen molar-refractivity contribution in [3.63, 3.8) is 0 Å². The largest absolute Gasteiger partial charge is 0.413 e. The van der Waals surface area contributed by atoms with Gasteiger partial charge in [-0.1, -0.05) is 51.5 Å². The van der Waals surface area contributed by atoms with E-state index < -0.39 is 8.32 Å². The molecule has 106 valence electrons. The Bertz CT molecular complexity index is 410. The lowest BCUT2D eigenvalue weighted by atomic mass is 9.80. The number of benzene rings is 1. The lowest BCUT2D eigenvalue weighted by molar-refractivity contribution is 0.276. The minimum atomic E-state index is -1.62. The third-order valence-corrected chi connectivity index (χ3v) is 9.44. The zero-order chi connectivity index (χ0) is 14.1. The van der Waals surface area contributed by atoms with E-state index in [0.717, 1.165) is 12.5 Å². The first-order chi connectivity index (χ1) is 8.79. The van der Waals surface area contributed by atoms with Crippen LogP contribution < -0.4 is 0 Å². The van der Waals surface area contributed by atoms with Crippen LogP contribution >= 0.6 is 0 Å². The molecule has 0 amide bonds. The van der Waals surface area contributed by atoms with Gasteiger partial charge in [0.05, 0.1) is 6.61 Å². The van der Waals surface area contributed by atoms with E-state index in [1.54, 1.807) is 0 Å². The maximum absolute atomic E-state index is 6.26. The van der Waals surface area contributed by atoms with Crippen LogP contribution in [0.3, 0.4) is 0 Å². The zero-order valence-corrected chi connectivity index (χ0v) is 14.1. The highest BCUT2D eigenvalue weighted by Gasteiger charge is 2.36. The molecule has 1 aliphatic rings. The summed E-state index contributed by atoms with van der Waals surface area (Å²) in [6, 6.07) is 9.10. The van der Waals surface area contributed by atoms with Gasteiger partial charge in [0.2, 0.25) is 0 Å². The van der Waals surface area contributed by atoms with Crippen molar-refractivity contribution in [2.75, 3.05) is 0 Å². The fourth-order valence-electron chi connectivity index (χ4n) is 2.11. The summed E-state index contributed by atoms with van der Waals surface area (Å²) in [6.45, 7) is 12.3. The standard InChI is InChI=1S/C17H28OSi/c1-17(2,3)19(4,5)18-13-14-9-11-16(12-10-14)15-7-6-8-15/h9-12,15H,6-8,13H2,1-5H3. The van der Waals surface area contributed by atoms with E-state index in [9.17, 15) is 0 Å². The molecule has 0 spiro atoms. The fourth-order valence-corrected chi connectivity index (χ4v) is 3.07. The molecule has 0 unspecified atom stereocenters. The first-order valence-electron chi connectivity index (χ1n) is 7.52. The Labute approximate surface area is 119 Å². The van der Waals surface area contributed by atoms with Crippen LogP contribution in [0.1, 0.15) is 57.1 Å². The summed E-state index contributed by atoms with van der Waals surface area (Å²) in [5.74, 6) is 0.829. The lowest BCUT2D eigenvalue weighted by Crippen LogP contribution is -2.40. The minimum absolute atomic E-state index is 0.291. The topological polar surface area (TPSA) is 9.23 Å². The normalized spacial score (nSPS) is 17.3. The summed E-state index contributed by atoms with van der Waals surface area (Å²) in [4.78, 5) is 0. The molecule has 0 saturated heterocycles. The maximum atomic E-state index is 6.26. The molecule has 1 aromatic carbocycles. The molecule has 0 heterocycles. The Balaban J connectivity index is 1.93. The van der Waals surface area contributed by atoms with E-state index in [1.165, 1.54) is 30.4 Å². The van der Waals surface area contributed by atoms with Crippen LogP contribution in [-0.2, 0) is 11.0 Å². The number of hydrogen-bond donors (Lipinski definition) is 0. The van der Waals surface area contributed by atoms with Gasteiger partial charge in [0.25, 0.3) is 0 Å². The van der Waals surface area contributed by atoms with E-state index in [1.807, 2.05) is 0 Å². The first kappa shape index (κ1) is 14.8. The number of hydrogen-bond acceptors (Lipinski definition) is 1. The minimum Gasteiger partial charge on any atom is -0.413 e. The third-order valence-electron chi connectivity index (χ3n) is 4.96. The molecular formula is C17H28OSi. The molecule has 0 bridgehead atoms. The van der Waals surface area contributed by atoms with Gasteiger partial charge in [-0.3, -0.25) is 0 Å². The van der Waals surface area contributed by atoms with E-state index in [4.69, 9.17) is 4.43 Å². The van der Waals surface area contributed by atoms with Gasteiger partial charge in [-0.2, -0.15) is 0 Å². The van der Waals surface area contributed by atoms with Crippen LogP contribution in [0.25, 0.3) is 0 Å². The average Bonchev–Trinajstić information content (AvgIpc) is 2.24. The van der Waals surface area contributed by atoms with Crippen molar-refractivity contribution in [3.05, 3.63) is 35.4 Å². The second-order valence-electron chi connectivity index (χ2n) is 7.42. The van der Waals surface area contributed by atoms with Crippen molar-refractivity contribution in [1.29, 1.82) is 0 Å². The average molecular weight is 276 g/mol. The van der Waals surface area contributed by atoms with Gasteiger partial charge in [-0.25, -0.2) is 0 Å². The van der Waals surface area contributed by atoms with Crippen LogP contribution in [0, 0.1) is 0 Å². The molecule has 1 aliphatic carbocycles. The summed E-state index contributed by atoms with van der Waals surface area (Å²) >= 11 is 0. The van der Waals surface area contributed by atoms with Gasteiger partial charge in [-0.15, -0.1) is 0 Å². The van der Waals surface area contributed by atoms with E-state index in [0.29, 0.717) is 5.04 Å². The van der Waals surface area contributed by atoms with E-state index >= 15 is 0 Å². The molecule has 0 aliphatic heterocycles. The highest BCUT2D eigenvalue weighted by atomic mass is 28.4. The molecule has 0 N–H and O–H groups in total. The predicted octanol–water partition coefficient (Wildman–Crippen LogP) is 5.48. The van der Waals surface area contributed by atoms with Crippen LogP contribution in [-0.4, -0.2) is 8.32 Å². The van der Waals surface area contributed by atoms with Crippen molar-refractivity contribution >= 4 is 8.32 Å². The molecule has 0 atom stereocenters. The number of rotatable bonds is 4. The van der Waals surface area contributed by atoms with Crippen molar-refractivity contribution in [1.82, 2.24) is 0 Å². The third kappa shape index (κ3) is 3.49. The van der Waals surface area contributed by atoms with Gasteiger partial charge < -0.3 is 4.43 Å². The zero-order valence-electron chi connectivity index (χ0n) is 13.1.